The fraction of sp³-hybridized carbons (Fsp3) is 0.182. The van der Waals surface area contributed by atoms with Crippen LogP contribution >= 0.6 is 0 Å². The number of carbonyl (C=O) groups is 1. The third kappa shape index (κ3) is 2.41. The summed E-state index contributed by atoms with van der Waals surface area (Å²) in [6, 6.07) is 3.22. The third-order valence-electron chi connectivity index (χ3n) is 2.73. The number of nitrogens with zero attached hydrogens (tertiary/aromatic N) is 3. The van der Waals surface area contributed by atoms with Crippen LogP contribution in [0.15, 0.2) is 34.1 Å². The number of Topliss-reactive ketones (excluding diaryl/α,β-unsaturated/α-hetero) is 1. The fourth-order valence-corrected chi connectivity index (χ4v) is 1.73. The van der Waals surface area contributed by atoms with Crippen LogP contribution < -0.4 is 11.2 Å². The average Bonchev–Trinajstić information content (AvgIpc) is 2.78. The minimum atomic E-state index is -1.09. The first-order valence-electron chi connectivity index (χ1n) is 5.53. The van der Waals surface area contributed by atoms with Gasteiger partial charge in [0.25, 0.3) is 0 Å². The Morgan fingerprint density at radius 3 is 2.70 bits per heavy atom. The van der Waals surface area contributed by atoms with Crippen molar-refractivity contribution in [1.82, 2.24) is 14.1 Å². The molecule has 2 aromatic rings. The lowest BCUT2D eigenvalue weighted by atomic mass is 10.3. The summed E-state index contributed by atoms with van der Waals surface area (Å²) >= 11 is 0. The lowest BCUT2D eigenvalue weighted by molar-refractivity contribution is -0.386. The number of ketones is 1. The molecule has 0 aliphatic rings. The maximum Gasteiger partial charge on any atom is 0.350 e. The number of rotatable bonds is 4. The molecule has 2 heterocycles. The summed E-state index contributed by atoms with van der Waals surface area (Å²) < 4.78 is 2.36. The molecule has 0 atom stereocenters. The summed E-state index contributed by atoms with van der Waals surface area (Å²) in [5.74, 6) is -0.402. The van der Waals surface area contributed by atoms with Gasteiger partial charge in [0, 0.05) is 13.2 Å². The molecule has 0 aliphatic carbocycles. The van der Waals surface area contributed by atoms with Crippen molar-refractivity contribution in [1.29, 1.82) is 0 Å². The normalized spacial score (nSPS) is 10.4. The molecule has 20 heavy (non-hydrogen) atoms. The summed E-state index contributed by atoms with van der Waals surface area (Å²) in [6.45, 7) is -0.395. The minimum absolute atomic E-state index is 0.353. The minimum Gasteiger partial charge on any atom is -0.348 e. The second-order valence-corrected chi connectivity index (χ2v) is 4.09. The van der Waals surface area contributed by atoms with E-state index >= 15 is 0 Å². The molecule has 0 saturated carbocycles. The van der Waals surface area contributed by atoms with Crippen molar-refractivity contribution in [3.63, 3.8) is 0 Å². The van der Waals surface area contributed by atoms with E-state index in [2.05, 4.69) is 0 Å². The molecule has 1 N–H and O–H groups in total. The number of hydrogen-bond donors (Lipinski definition) is 1. The first kappa shape index (κ1) is 13.5. The maximum absolute atomic E-state index is 12.0. The highest BCUT2D eigenvalue weighted by Crippen LogP contribution is 2.04. The Morgan fingerprint density at radius 1 is 1.45 bits per heavy atom. The molecule has 0 aliphatic heterocycles. The molecule has 2 aromatic heterocycles. The van der Waals surface area contributed by atoms with Gasteiger partial charge in [-0.2, -0.15) is 0 Å². The first-order chi connectivity index (χ1) is 9.40. The van der Waals surface area contributed by atoms with E-state index in [-0.39, 0.29) is 0 Å². The number of aromatic amines is 1. The number of carbonyl (C=O) groups excluding carboxylic acids is 1. The smallest absolute Gasteiger partial charge is 0.348 e. The zero-order valence-corrected chi connectivity index (χ0v) is 10.4. The highest BCUT2D eigenvalue weighted by molar-refractivity contribution is 5.94. The number of hydrogen-bond acceptors (Lipinski definition) is 5. The van der Waals surface area contributed by atoms with Crippen LogP contribution in [0.3, 0.4) is 0 Å². The summed E-state index contributed by atoms with van der Waals surface area (Å²) in [6.07, 6.45) is 2.42. The third-order valence-corrected chi connectivity index (χ3v) is 2.73. The van der Waals surface area contributed by atoms with E-state index in [0.717, 1.165) is 10.8 Å². The van der Waals surface area contributed by atoms with Gasteiger partial charge in [-0.1, -0.05) is 0 Å². The molecular formula is C11H10N4O5. The van der Waals surface area contributed by atoms with Crippen LogP contribution in [0.2, 0.25) is 0 Å². The molecule has 9 nitrogen and oxygen atoms in total. The predicted molar refractivity (Wildman–Crippen MR) is 67.7 cm³/mol. The molecule has 0 saturated heterocycles. The van der Waals surface area contributed by atoms with Gasteiger partial charge < -0.3 is 4.57 Å². The molecule has 0 spiro atoms. The Kier molecular flexibility index (Phi) is 3.34. The zero-order valence-electron chi connectivity index (χ0n) is 10.4. The van der Waals surface area contributed by atoms with E-state index in [4.69, 9.17) is 0 Å². The van der Waals surface area contributed by atoms with E-state index in [1.165, 1.54) is 0 Å². The Labute approximate surface area is 111 Å². The molecule has 0 fully saturated rings. The Bertz CT molecular complexity index is 798. The highest BCUT2D eigenvalue weighted by Gasteiger charge is 2.17. The molecular weight excluding hydrogens is 268 g/mol. The average molecular weight is 278 g/mol. The molecule has 2 rings (SSSR count). The molecule has 104 valence electrons. The van der Waals surface area contributed by atoms with Crippen molar-refractivity contribution in [2.75, 3.05) is 0 Å². The number of aromatic nitrogens is 3. The van der Waals surface area contributed by atoms with Gasteiger partial charge in [-0.25, -0.2) is 4.79 Å². The predicted octanol–water partition coefficient (Wildman–Crippen LogP) is -0.334. The number of nitro groups is 1. The van der Waals surface area contributed by atoms with Gasteiger partial charge in [0.15, 0.2) is 5.78 Å². The largest absolute Gasteiger partial charge is 0.350 e. The van der Waals surface area contributed by atoms with E-state index in [0.29, 0.717) is 5.69 Å². The van der Waals surface area contributed by atoms with Crippen LogP contribution in [0.4, 0.5) is 5.69 Å². The van der Waals surface area contributed by atoms with Crippen molar-refractivity contribution in [2.45, 2.75) is 6.54 Å². The zero-order chi connectivity index (χ0) is 14.9. The molecule has 0 bridgehead atoms. The van der Waals surface area contributed by atoms with Crippen LogP contribution in [-0.2, 0) is 13.6 Å². The lowest BCUT2D eigenvalue weighted by Gasteiger charge is -2.05. The van der Waals surface area contributed by atoms with Crippen LogP contribution in [0.25, 0.3) is 0 Å². The van der Waals surface area contributed by atoms with Crippen LogP contribution in [0.1, 0.15) is 10.5 Å². The van der Waals surface area contributed by atoms with Gasteiger partial charge in [-0.15, -0.1) is 0 Å². The highest BCUT2D eigenvalue weighted by atomic mass is 16.6. The number of aryl methyl sites for hydroxylation is 1. The van der Waals surface area contributed by atoms with Gasteiger partial charge in [-0.05, 0) is 12.1 Å². The molecule has 0 radical (unpaired) electrons. The van der Waals surface area contributed by atoms with Gasteiger partial charge in [-0.3, -0.25) is 29.3 Å². The summed E-state index contributed by atoms with van der Waals surface area (Å²) in [4.78, 5) is 46.2. The Balaban J connectivity index is 2.40. The second-order valence-electron chi connectivity index (χ2n) is 4.09. The summed E-state index contributed by atoms with van der Waals surface area (Å²) in [5, 5.41) is 10.6. The molecule has 0 unspecified atom stereocenters. The fourth-order valence-electron chi connectivity index (χ4n) is 1.73. The SMILES string of the molecule is Cn1cccc1C(=O)Cn1cc([N+](=O)[O-])c(=O)[nH]c1=O. The van der Waals surface area contributed by atoms with Crippen LogP contribution in [-0.4, -0.2) is 24.8 Å². The standard InChI is InChI=1S/C11H10N4O5/c1-13-4-2-3-7(13)9(16)6-14-5-8(15(19)20)10(17)12-11(14)18/h2-5H,6H2,1H3,(H,12,17,18). The van der Waals surface area contributed by atoms with Crippen molar-refractivity contribution >= 4 is 11.5 Å². The van der Waals surface area contributed by atoms with Crippen molar-refractivity contribution < 1.29 is 9.72 Å². The summed E-state index contributed by atoms with van der Waals surface area (Å²) in [5.41, 5.74) is -2.40. The van der Waals surface area contributed by atoms with E-state index in [9.17, 15) is 24.5 Å². The Morgan fingerprint density at radius 2 is 2.15 bits per heavy atom. The number of nitrogens with one attached hydrogen (secondary N) is 1. The van der Waals surface area contributed by atoms with E-state index in [1.54, 1.807) is 34.9 Å². The van der Waals surface area contributed by atoms with Gasteiger partial charge in [0.05, 0.1) is 23.4 Å². The molecule has 9 heteroatoms. The quantitative estimate of drug-likeness (QED) is 0.466. The van der Waals surface area contributed by atoms with Gasteiger partial charge in [0.2, 0.25) is 0 Å². The topological polar surface area (TPSA) is 120 Å². The second kappa shape index (κ2) is 4.96. The van der Waals surface area contributed by atoms with E-state index in [1.807, 2.05) is 0 Å². The van der Waals surface area contributed by atoms with Crippen molar-refractivity contribution in [3.05, 3.63) is 61.2 Å². The molecule has 0 amide bonds. The van der Waals surface area contributed by atoms with Crippen molar-refractivity contribution in [3.8, 4) is 0 Å². The number of H-pyrrole nitrogens is 1. The monoisotopic (exact) mass is 278 g/mol. The van der Waals surface area contributed by atoms with Gasteiger partial charge >= 0.3 is 16.9 Å². The van der Waals surface area contributed by atoms with E-state index < -0.39 is 34.2 Å². The first-order valence-corrected chi connectivity index (χ1v) is 5.53. The lowest BCUT2D eigenvalue weighted by Crippen LogP contribution is -2.33. The maximum atomic E-state index is 12.0. The van der Waals surface area contributed by atoms with Crippen LogP contribution in [0.5, 0.6) is 0 Å². The molecule has 0 aromatic carbocycles. The van der Waals surface area contributed by atoms with Crippen molar-refractivity contribution in [2.24, 2.45) is 7.05 Å². The van der Waals surface area contributed by atoms with Gasteiger partial charge in [0.1, 0.15) is 0 Å². The van der Waals surface area contributed by atoms with Crippen LogP contribution in [0, 0.1) is 10.1 Å². The Hall–Kier alpha value is -2.97. The summed E-state index contributed by atoms with van der Waals surface area (Å²) in [7, 11) is 1.66.